The van der Waals surface area contributed by atoms with Crippen LogP contribution in [0.3, 0.4) is 0 Å². The Bertz CT molecular complexity index is 1810. The molecule has 1 saturated carbocycles. The van der Waals surface area contributed by atoms with E-state index in [4.69, 9.17) is 14.3 Å². The van der Waals surface area contributed by atoms with Crippen molar-refractivity contribution in [1.82, 2.24) is 5.32 Å². The number of thiophene rings is 1. The molecule has 2 unspecified atom stereocenters. The first-order valence-corrected chi connectivity index (χ1v) is 15.9. The van der Waals surface area contributed by atoms with E-state index in [1.54, 1.807) is 12.1 Å². The van der Waals surface area contributed by atoms with Gasteiger partial charge in [-0.25, -0.2) is 9.87 Å². The van der Waals surface area contributed by atoms with Crippen molar-refractivity contribution in [1.29, 1.82) is 0 Å². The molecule has 2 atom stereocenters. The molecule has 2 aliphatic rings. The Kier molecular flexibility index (Phi) is 9.46. The number of anilines is 2. The number of amides is 1. The Balaban J connectivity index is 1.29. The van der Waals surface area contributed by atoms with E-state index in [0.717, 1.165) is 60.8 Å². The Morgan fingerprint density at radius 3 is 2.42 bits per heavy atom. The monoisotopic (exact) mass is 697 g/mol. The maximum Gasteiger partial charge on any atom is 0.419 e. The summed E-state index contributed by atoms with van der Waals surface area (Å²) in [5.41, 5.74) is 0.612. The smallest absolute Gasteiger partial charge is 0.419 e. The minimum atomic E-state index is -4.99. The van der Waals surface area contributed by atoms with E-state index in [1.807, 2.05) is 6.07 Å². The quantitative estimate of drug-likeness (QED) is 0.120. The van der Waals surface area contributed by atoms with Crippen LogP contribution in [-0.2, 0) is 17.1 Å². The molecule has 1 saturated heterocycles. The number of fused-ring (bicyclic) bond motifs is 1. The molecular formula is C33H30F7N3O4S. The second-order valence-electron chi connectivity index (χ2n) is 11.7. The number of benzene rings is 3. The second-order valence-corrected chi connectivity index (χ2v) is 12.8. The summed E-state index contributed by atoms with van der Waals surface area (Å²) >= 11 is 0.728. The van der Waals surface area contributed by atoms with E-state index in [-0.39, 0.29) is 43.8 Å². The van der Waals surface area contributed by atoms with Crippen LogP contribution in [0.1, 0.15) is 58.6 Å². The van der Waals surface area contributed by atoms with Crippen LogP contribution >= 0.6 is 11.3 Å². The third-order valence-corrected chi connectivity index (χ3v) is 9.51. The normalized spacial score (nSPS) is 18.8. The first-order chi connectivity index (χ1) is 22.8. The molecule has 4 aromatic rings. The van der Waals surface area contributed by atoms with Gasteiger partial charge >= 0.3 is 12.4 Å². The van der Waals surface area contributed by atoms with Crippen molar-refractivity contribution in [2.75, 3.05) is 31.1 Å². The highest BCUT2D eigenvalue weighted by Gasteiger charge is 2.35. The lowest BCUT2D eigenvalue weighted by atomic mass is 9.80. The molecule has 1 aliphatic carbocycles. The molecular weight excluding hydrogens is 667 g/mol. The Labute approximate surface area is 274 Å². The molecule has 2 fully saturated rings. The minimum Gasteiger partial charge on any atom is -0.496 e. The fourth-order valence-electron chi connectivity index (χ4n) is 6.00. The van der Waals surface area contributed by atoms with Crippen molar-refractivity contribution in [3.8, 4) is 10.8 Å². The lowest BCUT2D eigenvalue weighted by Crippen LogP contribution is -2.51. The van der Waals surface area contributed by atoms with Gasteiger partial charge in [0.15, 0.2) is 0 Å². The molecule has 2 heterocycles. The number of hydrogen-bond acceptors (Lipinski definition) is 7. The van der Waals surface area contributed by atoms with Crippen molar-refractivity contribution < 1.29 is 49.8 Å². The van der Waals surface area contributed by atoms with Crippen LogP contribution in [0.2, 0.25) is 0 Å². The average Bonchev–Trinajstić information content (AvgIpc) is 3.37. The zero-order valence-electron chi connectivity index (χ0n) is 25.4. The fourth-order valence-corrected chi connectivity index (χ4v) is 7.01. The molecule has 6 rings (SSSR count). The van der Waals surface area contributed by atoms with Gasteiger partial charge in [0.05, 0.1) is 48.7 Å². The Morgan fingerprint density at radius 1 is 0.938 bits per heavy atom. The van der Waals surface area contributed by atoms with Crippen LogP contribution in [0.5, 0.6) is 10.8 Å². The molecule has 7 nitrogen and oxygen atoms in total. The number of carbonyl (C=O) groups is 1. The zero-order chi connectivity index (χ0) is 34.2. The molecule has 3 aromatic carbocycles. The highest BCUT2D eigenvalue weighted by atomic mass is 32.1. The van der Waals surface area contributed by atoms with Crippen LogP contribution in [0.25, 0.3) is 10.1 Å². The van der Waals surface area contributed by atoms with Crippen molar-refractivity contribution in [3.05, 3.63) is 82.7 Å². The van der Waals surface area contributed by atoms with E-state index in [0.29, 0.717) is 37.4 Å². The SMILES string of the molecule is COc1ccc(C2CCCC(NC3COC3)C2)cc1C(=O)Nc1c(ONc2ccc(F)c(C(F)(F)F)c2)sc2cc(C(F)(F)F)ccc12. The lowest BCUT2D eigenvalue weighted by molar-refractivity contribution is -0.140. The third kappa shape index (κ3) is 7.32. The topological polar surface area (TPSA) is 80.9 Å². The van der Waals surface area contributed by atoms with Gasteiger partial charge in [-0.2, -0.15) is 26.3 Å². The molecule has 1 amide bonds. The largest absolute Gasteiger partial charge is 0.496 e. The standard InChI is InChI=1S/C33H30F7N3O4S/c1-45-27-10-5-18(17-3-2-4-20(11-17)41-22-15-46-16-22)12-24(27)30(44)42-29-23-8-6-19(32(35,36)37)13-28(23)48-31(29)47-43-21-7-9-26(34)25(14-21)33(38,39)40/h5-10,12-14,17,20,22,41,43H,2-4,11,15-16H2,1H3,(H,42,44). The Morgan fingerprint density at radius 2 is 1.73 bits per heavy atom. The van der Waals surface area contributed by atoms with Gasteiger partial charge in [-0.3, -0.25) is 4.79 Å². The number of nitrogens with one attached hydrogen (secondary N) is 3. The minimum absolute atomic E-state index is 0.0171. The Hall–Kier alpha value is -4.08. The van der Waals surface area contributed by atoms with Crippen molar-refractivity contribution in [2.24, 2.45) is 0 Å². The van der Waals surface area contributed by atoms with Crippen molar-refractivity contribution in [3.63, 3.8) is 0 Å². The predicted molar refractivity (Wildman–Crippen MR) is 166 cm³/mol. The van der Waals surface area contributed by atoms with Crippen LogP contribution in [0, 0.1) is 5.82 Å². The van der Waals surface area contributed by atoms with E-state index >= 15 is 0 Å². The lowest BCUT2D eigenvalue weighted by Gasteiger charge is -2.36. The van der Waals surface area contributed by atoms with Gasteiger partial charge in [0, 0.05) is 16.1 Å². The van der Waals surface area contributed by atoms with E-state index in [1.165, 1.54) is 13.2 Å². The summed E-state index contributed by atoms with van der Waals surface area (Å²) < 4.78 is 105. The average molecular weight is 698 g/mol. The van der Waals surface area contributed by atoms with Gasteiger partial charge in [-0.05, 0) is 73.2 Å². The summed E-state index contributed by atoms with van der Waals surface area (Å²) in [7, 11) is 1.40. The number of rotatable bonds is 9. The maximum absolute atomic E-state index is 13.8. The van der Waals surface area contributed by atoms with Gasteiger partial charge in [-0.1, -0.05) is 29.9 Å². The number of methoxy groups -OCH3 is 1. The summed E-state index contributed by atoms with van der Waals surface area (Å²) in [5.74, 6) is -1.71. The third-order valence-electron chi connectivity index (χ3n) is 8.48. The van der Waals surface area contributed by atoms with E-state index < -0.39 is 35.2 Å². The first kappa shape index (κ1) is 33.8. The van der Waals surface area contributed by atoms with Crippen molar-refractivity contribution >= 4 is 38.7 Å². The van der Waals surface area contributed by atoms with Gasteiger partial charge in [0.2, 0.25) is 5.06 Å². The van der Waals surface area contributed by atoms with Crippen LogP contribution in [-0.4, -0.2) is 38.3 Å². The van der Waals surface area contributed by atoms with Gasteiger partial charge in [0.1, 0.15) is 17.3 Å². The number of alkyl halides is 6. The van der Waals surface area contributed by atoms with Gasteiger partial charge in [0.25, 0.3) is 5.91 Å². The van der Waals surface area contributed by atoms with E-state index in [9.17, 15) is 35.5 Å². The predicted octanol–water partition coefficient (Wildman–Crippen LogP) is 8.76. The highest BCUT2D eigenvalue weighted by Crippen LogP contribution is 2.45. The molecule has 0 spiro atoms. The summed E-state index contributed by atoms with van der Waals surface area (Å²) in [6.07, 6.45) is -5.83. The maximum atomic E-state index is 13.8. The molecule has 15 heteroatoms. The molecule has 256 valence electrons. The van der Waals surface area contributed by atoms with Crippen LogP contribution in [0.15, 0.2) is 54.6 Å². The fraction of sp³-hybridized carbons (Fsp3) is 0.364. The molecule has 0 bridgehead atoms. The summed E-state index contributed by atoms with van der Waals surface area (Å²) in [6, 6.07) is 11.0. The molecule has 48 heavy (non-hydrogen) atoms. The first-order valence-electron chi connectivity index (χ1n) is 15.1. The number of ether oxygens (including phenoxy) is 2. The number of carbonyl (C=O) groups excluding carboxylic acids is 1. The van der Waals surface area contributed by atoms with Gasteiger partial charge < -0.3 is 24.9 Å². The molecule has 1 aliphatic heterocycles. The summed E-state index contributed by atoms with van der Waals surface area (Å²) in [4.78, 5) is 19.4. The number of halogens is 7. The highest BCUT2D eigenvalue weighted by molar-refractivity contribution is 7.21. The summed E-state index contributed by atoms with van der Waals surface area (Å²) in [6.45, 7) is 1.37. The van der Waals surface area contributed by atoms with E-state index in [2.05, 4.69) is 16.1 Å². The summed E-state index contributed by atoms with van der Waals surface area (Å²) in [5, 5.41) is 6.40. The number of hydrogen-bond donors (Lipinski definition) is 3. The van der Waals surface area contributed by atoms with Crippen LogP contribution < -0.4 is 25.7 Å². The molecule has 0 radical (unpaired) electrons. The molecule has 1 aromatic heterocycles. The van der Waals surface area contributed by atoms with Gasteiger partial charge in [-0.15, -0.1) is 0 Å². The van der Waals surface area contributed by atoms with Crippen LogP contribution in [0.4, 0.5) is 42.1 Å². The zero-order valence-corrected chi connectivity index (χ0v) is 26.2. The molecule has 3 N–H and O–H groups in total. The van der Waals surface area contributed by atoms with Crippen molar-refractivity contribution in [2.45, 2.75) is 56.0 Å². The second kappa shape index (κ2) is 13.4.